The van der Waals surface area contributed by atoms with Gasteiger partial charge in [-0.3, -0.25) is 4.79 Å². The molecule has 106 valence electrons. The van der Waals surface area contributed by atoms with Gasteiger partial charge in [0, 0.05) is 25.8 Å². The maximum absolute atomic E-state index is 13.8. The lowest BCUT2D eigenvalue weighted by Gasteiger charge is -2.34. The summed E-state index contributed by atoms with van der Waals surface area (Å²) < 4.78 is 18.8. The van der Waals surface area contributed by atoms with Crippen LogP contribution in [0.15, 0.2) is 11.3 Å². The van der Waals surface area contributed by atoms with Crippen LogP contribution < -0.4 is 10.9 Å². The predicted octanol–water partition coefficient (Wildman–Crippen LogP) is 0.486. The van der Waals surface area contributed by atoms with Crippen molar-refractivity contribution in [3.63, 3.8) is 0 Å². The molecule has 3 aliphatic rings. The zero-order chi connectivity index (χ0) is 13.4. The molecular formula is C13H20FN3O2. The molecule has 19 heavy (non-hydrogen) atoms. The molecule has 0 saturated carbocycles. The topological polar surface area (TPSA) is 53.6 Å². The van der Waals surface area contributed by atoms with Gasteiger partial charge in [0.15, 0.2) is 0 Å². The fourth-order valence-corrected chi connectivity index (χ4v) is 3.04. The van der Waals surface area contributed by atoms with Crippen molar-refractivity contribution in [1.29, 1.82) is 0 Å². The second-order valence-corrected chi connectivity index (χ2v) is 5.45. The number of hydrogen-bond acceptors (Lipinski definition) is 4. The summed E-state index contributed by atoms with van der Waals surface area (Å²) in [6.45, 7) is 0.743. The summed E-state index contributed by atoms with van der Waals surface area (Å²) in [7, 11) is 1.52. The van der Waals surface area contributed by atoms with E-state index in [-0.39, 0.29) is 24.6 Å². The van der Waals surface area contributed by atoms with Crippen LogP contribution in [0.3, 0.4) is 0 Å². The van der Waals surface area contributed by atoms with Crippen LogP contribution in [0.4, 0.5) is 4.39 Å². The molecule has 2 aliphatic heterocycles. The first-order valence-electron chi connectivity index (χ1n) is 6.87. The number of piperidine rings is 1. The van der Waals surface area contributed by atoms with Crippen LogP contribution in [0.1, 0.15) is 25.7 Å². The number of alkyl halides is 1. The molecule has 0 spiro atoms. The van der Waals surface area contributed by atoms with Gasteiger partial charge in [0.1, 0.15) is 6.17 Å². The Morgan fingerprint density at radius 1 is 1.53 bits per heavy atom. The van der Waals surface area contributed by atoms with Crippen molar-refractivity contribution in [1.82, 2.24) is 15.8 Å². The highest BCUT2D eigenvalue weighted by molar-refractivity contribution is 5.77. The highest BCUT2D eigenvalue weighted by Crippen LogP contribution is 2.33. The van der Waals surface area contributed by atoms with Gasteiger partial charge in [0.25, 0.3) is 0 Å². The summed E-state index contributed by atoms with van der Waals surface area (Å²) in [6, 6.07) is 0.0921. The summed E-state index contributed by atoms with van der Waals surface area (Å²) in [5.74, 6) is 0.0251. The van der Waals surface area contributed by atoms with Gasteiger partial charge in [-0.15, -0.1) is 0 Å². The minimum Gasteiger partial charge on any atom is -0.378 e. The second kappa shape index (κ2) is 5.09. The number of nitrogens with one attached hydrogen (secondary N) is 2. The SMILES string of the molecule is COC1CCN(C(=O)CC2NNC3=C2CC3)CC1F. The number of likely N-dealkylation sites (tertiary alicyclic amines) is 1. The standard InChI is InChI=1S/C13H20FN3O2/c1-19-12-4-5-17(7-9(12)14)13(18)6-11-8-2-3-10(8)15-16-11/h9,11-12,15-16H,2-7H2,1H3. The first-order chi connectivity index (χ1) is 9.19. The summed E-state index contributed by atoms with van der Waals surface area (Å²) >= 11 is 0. The second-order valence-electron chi connectivity index (χ2n) is 5.45. The van der Waals surface area contributed by atoms with E-state index in [1.807, 2.05) is 0 Å². The Kier molecular flexibility index (Phi) is 3.45. The van der Waals surface area contributed by atoms with Gasteiger partial charge in [-0.1, -0.05) is 0 Å². The Bertz CT molecular complexity index is 413. The van der Waals surface area contributed by atoms with Crippen LogP contribution in [-0.2, 0) is 9.53 Å². The van der Waals surface area contributed by atoms with Crippen LogP contribution in [0, 0.1) is 0 Å². The van der Waals surface area contributed by atoms with Crippen LogP contribution in [-0.4, -0.2) is 49.3 Å². The van der Waals surface area contributed by atoms with Gasteiger partial charge in [0.05, 0.1) is 18.7 Å². The largest absolute Gasteiger partial charge is 0.378 e. The number of rotatable bonds is 3. The first-order valence-corrected chi connectivity index (χ1v) is 6.87. The van der Waals surface area contributed by atoms with E-state index < -0.39 is 6.17 Å². The molecule has 2 N–H and O–H groups in total. The number of carbonyl (C=O) groups excluding carboxylic acids is 1. The van der Waals surface area contributed by atoms with E-state index in [2.05, 4.69) is 10.9 Å². The smallest absolute Gasteiger partial charge is 0.224 e. The van der Waals surface area contributed by atoms with Gasteiger partial charge >= 0.3 is 0 Å². The van der Waals surface area contributed by atoms with Crippen LogP contribution in [0.25, 0.3) is 0 Å². The van der Waals surface area contributed by atoms with Crippen molar-refractivity contribution in [2.75, 3.05) is 20.2 Å². The van der Waals surface area contributed by atoms with Crippen LogP contribution >= 0.6 is 0 Å². The van der Waals surface area contributed by atoms with Gasteiger partial charge in [-0.25, -0.2) is 9.82 Å². The molecule has 1 aliphatic carbocycles. The maximum Gasteiger partial charge on any atom is 0.224 e. The molecule has 5 nitrogen and oxygen atoms in total. The lowest BCUT2D eigenvalue weighted by molar-refractivity contribution is -0.136. The molecule has 6 heteroatoms. The Morgan fingerprint density at radius 3 is 2.95 bits per heavy atom. The monoisotopic (exact) mass is 269 g/mol. The Morgan fingerprint density at radius 2 is 2.37 bits per heavy atom. The molecular weight excluding hydrogens is 249 g/mol. The number of allylic oxidation sites excluding steroid dienone is 1. The number of hydrazine groups is 1. The summed E-state index contributed by atoms with van der Waals surface area (Å²) in [6.07, 6.45) is 1.68. The zero-order valence-electron chi connectivity index (χ0n) is 11.1. The van der Waals surface area contributed by atoms with Crippen molar-refractivity contribution < 1.29 is 13.9 Å². The highest BCUT2D eigenvalue weighted by atomic mass is 19.1. The number of carbonyl (C=O) groups is 1. The van der Waals surface area contributed by atoms with Crippen molar-refractivity contribution in [3.05, 3.63) is 11.3 Å². The summed E-state index contributed by atoms with van der Waals surface area (Å²) in [5, 5.41) is 0. The van der Waals surface area contributed by atoms with Crippen molar-refractivity contribution in [2.45, 2.75) is 44.0 Å². The van der Waals surface area contributed by atoms with Crippen LogP contribution in [0.2, 0.25) is 0 Å². The third kappa shape index (κ3) is 2.34. The predicted molar refractivity (Wildman–Crippen MR) is 67.8 cm³/mol. The van der Waals surface area contributed by atoms with E-state index >= 15 is 0 Å². The molecule has 0 aromatic carbocycles. The zero-order valence-corrected chi connectivity index (χ0v) is 11.1. The number of nitrogens with zero attached hydrogens (tertiary/aromatic N) is 1. The van der Waals surface area contributed by atoms with E-state index in [1.54, 1.807) is 4.90 Å². The van der Waals surface area contributed by atoms with Gasteiger partial charge in [0.2, 0.25) is 5.91 Å². The number of ether oxygens (including phenoxy) is 1. The molecule has 1 amide bonds. The molecule has 0 radical (unpaired) electrons. The molecule has 3 atom stereocenters. The minimum atomic E-state index is -1.07. The fourth-order valence-electron chi connectivity index (χ4n) is 3.04. The van der Waals surface area contributed by atoms with Crippen molar-refractivity contribution >= 4 is 5.91 Å². The quantitative estimate of drug-likeness (QED) is 0.783. The lowest BCUT2D eigenvalue weighted by atomic mass is 9.88. The van der Waals surface area contributed by atoms with Gasteiger partial charge < -0.3 is 15.1 Å². The molecule has 3 rings (SSSR count). The molecule has 0 aromatic heterocycles. The Labute approximate surface area is 112 Å². The molecule has 1 fully saturated rings. The molecule has 2 heterocycles. The van der Waals surface area contributed by atoms with Gasteiger partial charge in [-0.05, 0) is 24.8 Å². The molecule has 0 aromatic rings. The molecule has 0 bridgehead atoms. The Hall–Kier alpha value is -1.14. The van der Waals surface area contributed by atoms with E-state index in [9.17, 15) is 9.18 Å². The number of methoxy groups -OCH3 is 1. The Balaban J connectivity index is 1.54. The molecule has 1 saturated heterocycles. The first kappa shape index (κ1) is 12.9. The maximum atomic E-state index is 13.8. The minimum absolute atomic E-state index is 0.0251. The average Bonchev–Trinajstić information content (AvgIpc) is 2.63. The van der Waals surface area contributed by atoms with Crippen molar-refractivity contribution in [2.24, 2.45) is 0 Å². The summed E-state index contributed by atoms with van der Waals surface area (Å²) in [5.41, 5.74) is 8.79. The van der Waals surface area contributed by atoms with Gasteiger partial charge in [-0.2, -0.15) is 0 Å². The van der Waals surface area contributed by atoms with E-state index in [1.165, 1.54) is 18.4 Å². The van der Waals surface area contributed by atoms with E-state index in [0.717, 1.165) is 12.8 Å². The third-order valence-corrected chi connectivity index (χ3v) is 4.37. The number of amides is 1. The van der Waals surface area contributed by atoms with Crippen molar-refractivity contribution in [3.8, 4) is 0 Å². The normalized spacial score (nSPS) is 33.8. The van der Waals surface area contributed by atoms with E-state index in [4.69, 9.17) is 4.74 Å². The van der Waals surface area contributed by atoms with E-state index in [0.29, 0.717) is 19.4 Å². The molecule has 3 unspecified atom stereocenters. The third-order valence-electron chi connectivity index (χ3n) is 4.37. The van der Waals surface area contributed by atoms with Crippen LogP contribution in [0.5, 0.6) is 0 Å². The average molecular weight is 269 g/mol. The number of halogens is 1. The number of hydrogen-bond donors (Lipinski definition) is 2. The fraction of sp³-hybridized carbons (Fsp3) is 0.769. The summed E-state index contributed by atoms with van der Waals surface area (Å²) in [4.78, 5) is 13.8. The lowest BCUT2D eigenvalue weighted by Crippen LogP contribution is -2.49. The highest BCUT2D eigenvalue weighted by Gasteiger charge is 2.36.